The quantitative estimate of drug-likeness (QED) is 0.535. The van der Waals surface area contributed by atoms with E-state index in [0.717, 1.165) is 28.3 Å². The van der Waals surface area contributed by atoms with E-state index >= 15 is 0 Å². The second-order valence-corrected chi connectivity index (χ2v) is 8.66. The maximum atomic E-state index is 12.7. The SMILES string of the molecule is CC[C@@H](C)c1ccc(NC(=O)Cn2c(SC(C)C)nc3ccccc32)cc1. The van der Waals surface area contributed by atoms with Gasteiger partial charge in [0, 0.05) is 10.9 Å². The maximum Gasteiger partial charge on any atom is 0.244 e. The highest BCUT2D eigenvalue weighted by Crippen LogP contribution is 2.27. The Hall–Kier alpha value is -2.27. The van der Waals surface area contributed by atoms with E-state index in [4.69, 9.17) is 4.98 Å². The van der Waals surface area contributed by atoms with Crippen molar-refractivity contribution in [2.45, 2.75) is 57.0 Å². The number of imidazole rings is 1. The lowest BCUT2D eigenvalue weighted by Crippen LogP contribution is -2.19. The standard InChI is InChI=1S/C22H27N3OS/c1-5-16(4)17-10-12-18(13-11-17)23-21(26)14-25-20-9-7-6-8-19(20)24-22(25)27-15(2)3/h6-13,15-16H,5,14H2,1-4H3,(H,23,26)/t16-/m1/s1. The number of carbonyl (C=O) groups is 1. The molecule has 0 aliphatic carbocycles. The number of nitrogens with zero attached hydrogens (tertiary/aromatic N) is 2. The summed E-state index contributed by atoms with van der Waals surface area (Å²) in [5.41, 5.74) is 4.04. The Bertz CT molecular complexity index is 915. The van der Waals surface area contributed by atoms with Gasteiger partial charge in [0.05, 0.1) is 11.0 Å². The molecule has 1 N–H and O–H groups in total. The molecule has 0 aliphatic heterocycles. The maximum absolute atomic E-state index is 12.7. The molecule has 0 saturated heterocycles. The molecule has 0 radical (unpaired) electrons. The van der Waals surface area contributed by atoms with E-state index in [2.05, 4.69) is 45.1 Å². The van der Waals surface area contributed by atoms with Gasteiger partial charge in [0.2, 0.25) is 5.91 Å². The molecule has 3 aromatic rings. The van der Waals surface area contributed by atoms with Crippen molar-refractivity contribution in [1.82, 2.24) is 9.55 Å². The number of carbonyl (C=O) groups excluding carboxylic acids is 1. The number of rotatable bonds is 7. The van der Waals surface area contributed by atoms with Gasteiger partial charge in [-0.2, -0.15) is 0 Å². The molecule has 1 heterocycles. The number of nitrogens with one attached hydrogen (secondary N) is 1. The first-order valence-corrected chi connectivity index (χ1v) is 10.4. The van der Waals surface area contributed by atoms with Gasteiger partial charge in [-0.1, -0.05) is 63.7 Å². The van der Waals surface area contributed by atoms with Crippen molar-refractivity contribution >= 4 is 34.4 Å². The van der Waals surface area contributed by atoms with E-state index in [-0.39, 0.29) is 12.5 Å². The molecule has 0 unspecified atom stereocenters. The summed E-state index contributed by atoms with van der Waals surface area (Å²) in [6.07, 6.45) is 1.11. The Morgan fingerprint density at radius 2 is 1.81 bits per heavy atom. The normalized spacial score (nSPS) is 12.5. The third kappa shape index (κ3) is 4.72. The van der Waals surface area contributed by atoms with E-state index < -0.39 is 0 Å². The van der Waals surface area contributed by atoms with Gasteiger partial charge in [-0.05, 0) is 42.2 Å². The Balaban J connectivity index is 1.77. The second kappa shape index (κ2) is 8.61. The number of anilines is 1. The summed E-state index contributed by atoms with van der Waals surface area (Å²) < 4.78 is 2.00. The molecule has 0 bridgehead atoms. The Morgan fingerprint density at radius 1 is 1.11 bits per heavy atom. The molecule has 27 heavy (non-hydrogen) atoms. The van der Waals surface area contributed by atoms with Gasteiger partial charge >= 0.3 is 0 Å². The van der Waals surface area contributed by atoms with E-state index in [1.165, 1.54) is 5.56 Å². The molecular formula is C22H27N3OS. The Morgan fingerprint density at radius 3 is 2.48 bits per heavy atom. The van der Waals surface area contributed by atoms with Crippen LogP contribution in [0, 0.1) is 0 Å². The van der Waals surface area contributed by atoms with Crippen molar-refractivity contribution < 1.29 is 4.79 Å². The molecule has 2 aromatic carbocycles. The zero-order valence-electron chi connectivity index (χ0n) is 16.4. The largest absolute Gasteiger partial charge is 0.325 e. The fraction of sp³-hybridized carbons (Fsp3) is 0.364. The van der Waals surface area contributed by atoms with Gasteiger partial charge in [-0.3, -0.25) is 4.79 Å². The summed E-state index contributed by atoms with van der Waals surface area (Å²) in [6, 6.07) is 16.1. The molecule has 5 heteroatoms. The molecule has 0 saturated carbocycles. The van der Waals surface area contributed by atoms with Crippen molar-refractivity contribution in [3.05, 3.63) is 54.1 Å². The van der Waals surface area contributed by atoms with Crippen LogP contribution in [0.25, 0.3) is 11.0 Å². The molecule has 1 atom stereocenters. The lowest BCUT2D eigenvalue weighted by atomic mass is 9.99. The topological polar surface area (TPSA) is 46.9 Å². The van der Waals surface area contributed by atoms with E-state index in [1.807, 2.05) is 41.0 Å². The molecule has 1 amide bonds. The number of benzene rings is 2. The lowest BCUT2D eigenvalue weighted by molar-refractivity contribution is -0.116. The monoisotopic (exact) mass is 381 g/mol. The summed E-state index contributed by atoms with van der Waals surface area (Å²) >= 11 is 1.68. The molecule has 1 aromatic heterocycles. The summed E-state index contributed by atoms with van der Waals surface area (Å²) in [7, 11) is 0. The minimum absolute atomic E-state index is 0.0416. The van der Waals surface area contributed by atoms with Crippen molar-refractivity contribution in [2.24, 2.45) is 0 Å². The number of hydrogen-bond donors (Lipinski definition) is 1. The van der Waals surface area contributed by atoms with E-state index in [9.17, 15) is 4.79 Å². The first-order valence-electron chi connectivity index (χ1n) is 9.49. The summed E-state index contributed by atoms with van der Waals surface area (Å²) in [4.78, 5) is 17.4. The highest BCUT2D eigenvalue weighted by Gasteiger charge is 2.15. The minimum atomic E-state index is -0.0416. The van der Waals surface area contributed by atoms with Crippen LogP contribution in [0.4, 0.5) is 5.69 Å². The number of hydrogen-bond acceptors (Lipinski definition) is 3. The van der Waals surface area contributed by atoms with Gasteiger partial charge in [-0.15, -0.1) is 0 Å². The number of fused-ring (bicyclic) bond motifs is 1. The molecule has 0 fully saturated rings. The third-order valence-corrected chi connectivity index (χ3v) is 5.63. The predicted octanol–water partition coefficient (Wildman–Crippen LogP) is 5.69. The minimum Gasteiger partial charge on any atom is -0.325 e. The molecule has 142 valence electrons. The van der Waals surface area contributed by atoms with Crippen molar-refractivity contribution in [3.63, 3.8) is 0 Å². The molecule has 4 nitrogen and oxygen atoms in total. The van der Waals surface area contributed by atoms with Crippen LogP contribution in [-0.4, -0.2) is 20.7 Å². The molecule has 0 aliphatic rings. The smallest absolute Gasteiger partial charge is 0.244 e. The lowest BCUT2D eigenvalue weighted by Gasteiger charge is -2.12. The first kappa shape index (κ1) is 19.5. The van der Waals surface area contributed by atoms with E-state index in [0.29, 0.717) is 11.2 Å². The highest BCUT2D eigenvalue weighted by atomic mass is 32.2. The Kier molecular flexibility index (Phi) is 6.22. The predicted molar refractivity (Wildman–Crippen MR) is 115 cm³/mol. The van der Waals surface area contributed by atoms with Crippen molar-refractivity contribution in [2.75, 3.05) is 5.32 Å². The van der Waals surface area contributed by atoms with Crippen LogP contribution in [-0.2, 0) is 11.3 Å². The number of aromatic nitrogens is 2. The molecular weight excluding hydrogens is 354 g/mol. The van der Waals surface area contributed by atoms with Crippen LogP contribution in [0.5, 0.6) is 0 Å². The average Bonchev–Trinajstić information content (AvgIpc) is 2.98. The molecule has 3 rings (SSSR count). The van der Waals surface area contributed by atoms with Gasteiger partial charge in [0.25, 0.3) is 0 Å². The highest BCUT2D eigenvalue weighted by molar-refractivity contribution is 7.99. The van der Waals surface area contributed by atoms with E-state index in [1.54, 1.807) is 11.8 Å². The van der Waals surface area contributed by atoms with Crippen LogP contribution >= 0.6 is 11.8 Å². The summed E-state index contributed by atoms with van der Waals surface area (Å²) in [5.74, 6) is 0.489. The third-order valence-electron chi connectivity index (χ3n) is 4.64. The van der Waals surface area contributed by atoms with Crippen LogP contribution in [0.15, 0.2) is 53.7 Å². The van der Waals surface area contributed by atoms with Crippen LogP contribution in [0.2, 0.25) is 0 Å². The zero-order valence-corrected chi connectivity index (χ0v) is 17.2. The average molecular weight is 382 g/mol. The van der Waals surface area contributed by atoms with Gasteiger partial charge in [0.1, 0.15) is 6.54 Å². The second-order valence-electron chi connectivity index (χ2n) is 7.12. The number of amides is 1. The zero-order chi connectivity index (χ0) is 19.4. The summed E-state index contributed by atoms with van der Waals surface area (Å²) in [5, 5.41) is 4.30. The van der Waals surface area contributed by atoms with Crippen LogP contribution < -0.4 is 5.32 Å². The van der Waals surface area contributed by atoms with Crippen molar-refractivity contribution in [3.8, 4) is 0 Å². The summed E-state index contributed by atoms with van der Waals surface area (Å²) in [6.45, 7) is 8.91. The number of para-hydroxylation sites is 2. The van der Waals surface area contributed by atoms with Gasteiger partial charge < -0.3 is 9.88 Å². The van der Waals surface area contributed by atoms with Crippen LogP contribution in [0.3, 0.4) is 0 Å². The first-order chi connectivity index (χ1) is 13.0. The fourth-order valence-corrected chi connectivity index (χ4v) is 3.84. The number of thioether (sulfide) groups is 1. The van der Waals surface area contributed by atoms with Crippen LogP contribution in [0.1, 0.15) is 45.6 Å². The van der Waals surface area contributed by atoms with Gasteiger partial charge in [-0.25, -0.2) is 4.98 Å². The molecule has 0 spiro atoms. The fourth-order valence-electron chi connectivity index (χ4n) is 2.98. The Labute approximate surface area is 165 Å². The van der Waals surface area contributed by atoms with Gasteiger partial charge in [0.15, 0.2) is 5.16 Å². The van der Waals surface area contributed by atoms with Crippen molar-refractivity contribution in [1.29, 1.82) is 0 Å².